The lowest BCUT2D eigenvalue weighted by Crippen LogP contribution is -2.24. The second kappa shape index (κ2) is 8.47. The van der Waals surface area contributed by atoms with Gasteiger partial charge in [-0.15, -0.1) is 0 Å². The molecule has 1 saturated carbocycles. The Kier molecular flexibility index (Phi) is 6.62. The summed E-state index contributed by atoms with van der Waals surface area (Å²) < 4.78 is 0. The normalized spacial score (nSPS) is 17.0. The van der Waals surface area contributed by atoms with Gasteiger partial charge in [-0.3, -0.25) is 9.59 Å². The highest BCUT2D eigenvalue weighted by Crippen LogP contribution is 2.25. The Morgan fingerprint density at radius 2 is 1.82 bits per heavy atom. The quantitative estimate of drug-likeness (QED) is 0.572. The predicted molar refractivity (Wildman–Crippen MR) is 93.6 cm³/mol. The molecule has 0 aromatic heterocycles. The van der Waals surface area contributed by atoms with Crippen molar-refractivity contribution in [3.63, 3.8) is 0 Å². The highest BCUT2D eigenvalue weighted by Gasteiger charge is 2.21. The van der Waals surface area contributed by atoms with Crippen LogP contribution in [0.4, 0.5) is 5.69 Å². The van der Waals surface area contributed by atoms with E-state index in [0.29, 0.717) is 5.56 Å². The van der Waals surface area contributed by atoms with E-state index in [2.05, 4.69) is 28.2 Å². The van der Waals surface area contributed by atoms with E-state index in [-0.39, 0.29) is 22.4 Å². The van der Waals surface area contributed by atoms with Gasteiger partial charge in [-0.2, -0.15) is 0 Å². The van der Waals surface area contributed by atoms with Crippen LogP contribution in [0.3, 0.4) is 0 Å². The minimum atomic E-state index is -0.125. The molecule has 0 spiro atoms. The molecule has 1 fully saturated rings. The zero-order valence-corrected chi connectivity index (χ0v) is 14.7. The number of nitrogens with one attached hydrogen (secondary N) is 1. The predicted octanol–water partition coefficient (Wildman–Crippen LogP) is 4.95. The number of carbonyl (C=O) groups is 2. The van der Waals surface area contributed by atoms with Crippen molar-refractivity contribution in [3.05, 3.63) is 29.8 Å². The van der Waals surface area contributed by atoms with Crippen molar-refractivity contribution in [1.82, 2.24) is 0 Å². The summed E-state index contributed by atoms with van der Waals surface area (Å²) >= 11 is 3.43. The highest BCUT2D eigenvalue weighted by atomic mass is 79.9. The van der Waals surface area contributed by atoms with Crippen molar-refractivity contribution in [2.75, 3.05) is 5.32 Å². The number of amides is 1. The first-order valence-corrected chi connectivity index (χ1v) is 9.12. The minimum Gasteiger partial charge on any atom is -0.326 e. The van der Waals surface area contributed by atoms with Gasteiger partial charge in [0, 0.05) is 17.2 Å². The summed E-state index contributed by atoms with van der Waals surface area (Å²) in [6, 6.07) is 7.23. The largest absolute Gasteiger partial charge is 0.326 e. The van der Waals surface area contributed by atoms with E-state index in [1.807, 2.05) is 12.1 Å². The Morgan fingerprint density at radius 1 is 1.18 bits per heavy atom. The fraction of sp³-hybridized carbons (Fsp3) is 0.556. The molecule has 22 heavy (non-hydrogen) atoms. The van der Waals surface area contributed by atoms with Crippen LogP contribution in [-0.2, 0) is 4.79 Å². The number of ketones is 1. The highest BCUT2D eigenvalue weighted by molar-refractivity contribution is 9.10. The van der Waals surface area contributed by atoms with Crippen molar-refractivity contribution in [3.8, 4) is 0 Å². The number of carbonyl (C=O) groups excluding carboxylic acids is 2. The van der Waals surface area contributed by atoms with Crippen LogP contribution in [0.25, 0.3) is 0 Å². The Bertz CT molecular complexity index is 506. The third kappa shape index (κ3) is 4.67. The van der Waals surface area contributed by atoms with Gasteiger partial charge in [0.2, 0.25) is 5.91 Å². The molecule has 1 atom stereocenters. The molecule has 1 aromatic carbocycles. The number of halogens is 1. The van der Waals surface area contributed by atoms with Crippen LogP contribution in [0.1, 0.15) is 62.2 Å². The zero-order chi connectivity index (χ0) is 15.9. The van der Waals surface area contributed by atoms with E-state index in [9.17, 15) is 9.59 Å². The SMILES string of the molecule is CCCC(Br)C(=O)c1ccc(NC(=O)C2CCCCC2)cc1. The van der Waals surface area contributed by atoms with Crippen molar-refractivity contribution in [1.29, 1.82) is 0 Å². The lowest BCUT2D eigenvalue weighted by molar-refractivity contribution is -0.120. The van der Waals surface area contributed by atoms with E-state index in [1.54, 1.807) is 12.1 Å². The van der Waals surface area contributed by atoms with Gasteiger partial charge < -0.3 is 5.32 Å². The Labute approximate surface area is 141 Å². The summed E-state index contributed by atoms with van der Waals surface area (Å²) in [6.07, 6.45) is 7.32. The molecule has 2 rings (SSSR count). The third-order valence-corrected chi connectivity index (χ3v) is 5.11. The first-order chi connectivity index (χ1) is 10.6. The average molecular weight is 366 g/mol. The van der Waals surface area contributed by atoms with Gasteiger partial charge in [0.25, 0.3) is 0 Å². The lowest BCUT2D eigenvalue weighted by atomic mass is 9.88. The van der Waals surface area contributed by atoms with Crippen LogP contribution < -0.4 is 5.32 Å². The van der Waals surface area contributed by atoms with Crippen LogP contribution in [0, 0.1) is 5.92 Å². The molecule has 0 saturated heterocycles. The maximum Gasteiger partial charge on any atom is 0.227 e. The maximum atomic E-state index is 12.2. The van der Waals surface area contributed by atoms with Crippen LogP contribution >= 0.6 is 15.9 Å². The van der Waals surface area contributed by atoms with Gasteiger partial charge in [-0.25, -0.2) is 0 Å². The van der Waals surface area contributed by atoms with Crippen LogP contribution in [0.2, 0.25) is 0 Å². The summed E-state index contributed by atoms with van der Waals surface area (Å²) in [5.41, 5.74) is 1.46. The molecule has 1 unspecified atom stereocenters. The Morgan fingerprint density at radius 3 is 2.41 bits per heavy atom. The van der Waals surface area contributed by atoms with E-state index in [4.69, 9.17) is 0 Å². The average Bonchev–Trinajstić information content (AvgIpc) is 2.56. The third-order valence-electron chi connectivity index (χ3n) is 4.24. The van der Waals surface area contributed by atoms with Crippen molar-refractivity contribution in [2.24, 2.45) is 5.92 Å². The molecule has 0 bridgehead atoms. The molecule has 120 valence electrons. The molecule has 1 N–H and O–H groups in total. The Hall–Kier alpha value is -1.16. The zero-order valence-electron chi connectivity index (χ0n) is 13.1. The fourth-order valence-electron chi connectivity index (χ4n) is 2.89. The van der Waals surface area contributed by atoms with E-state index >= 15 is 0 Å². The van der Waals surface area contributed by atoms with Gasteiger partial charge in [0.1, 0.15) is 0 Å². The molecule has 1 aliphatic rings. The molecule has 1 aromatic rings. The van der Waals surface area contributed by atoms with E-state index in [1.165, 1.54) is 6.42 Å². The second-order valence-corrected chi connectivity index (χ2v) is 7.13. The van der Waals surface area contributed by atoms with E-state index < -0.39 is 0 Å². The van der Waals surface area contributed by atoms with Crippen molar-refractivity contribution in [2.45, 2.75) is 56.7 Å². The number of hydrogen-bond donors (Lipinski definition) is 1. The number of benzene rings is 1. The molecule has 0 heterocycles. The first-order valence-electron chi connectivity index (χ1n) is 8.21. The topological polar surface area (TPSA) is 46.2 Å². The van der Waals surface area contributed by atoms with E-state index in [0.717, 1.165) is 44.2 Å². The Balaban J connectivity index is 1.93. The van der Waals surface area contributed by atoms with Crippen molar-refractivity contribution >= 4 is 33.3 Å². The summed E-state index contributed by atoms with van der Waals surface area (Å²) in [4.78, 5) is 24.3. The monoisotopic (exact) mass is 365 g/mol. The standard InChI is InChI=1S/C18H24BrNO2/c1-2-6-16(19)17(21)13-9-11-15(12-10-13)20-18(22)14-7-4-3-5-8-14/h9-12,14,16H,2-8H2,1H3,(H,20,22). The van der Waals surface area contributed by atoms with Gasteiger partial charge in [0.15, 0.2) is 5.78 Å². The van der Waals surface area contributed by atoms with Gasteiger partial charge in [-0.05, 0) is 43.5 Å². The van der Waals surface area contributed by atoms with Crippen LogP contribution in [0.15, 0.2) is 24.3 Å². The molecule has 3 nitrogen and oxygen atoms in total. The second-order valence-electron chi connectivity index (χ2n) is 6.02. The number of alkyl halides is 1. The molecule has 0 aliphatic heterocycles. The lowest BCUT2D eigenvalue weighted by Gasteiger charge is -2.20. The molecular weight excluding hydrogens is 342 g/mol. The summed E-state index contributed by atoms with van der Waals surface area (Å²) in [5.74, 6) is 0.363. The maximum absolute atomic E-state index is 12.2. The summed E-state index contributed by atoms with van der Waals surface area (Å²) in [6.45, 7) is 2.06. The summed E-state index contributed by atoms with van der Waals surface area (Å²) in [5, 5.41) is 2.97. The fourth-order valence-corrected chi connectivity index (χ4v) is 3.61. The molecule has 4 heteroatoms. The number of anilines is 1. The first kappa shape index (κ1) is 17.2. The van der Waals surface area contributed by atoms with Gasteiger partial charge in [-0.1, -0.05) is 48.5 Å². The van der Waals surface area contributed by atoms with Crippen molar-refractivity contribution < 1.29 is 9.59 Å². The van der Waals surface area contributed by atoms with Gasteiger partial charge >= 0.3 is 0 Å². The van der Waals surface area contributed by atoms with Gasteiger partial charge in [0.05, 0.1) is 4.83 Å². The molecular formula is C18H24BrNO2. The van der Waals surface area contributed by atoms with Crippen LogP contribution in [0.5, 0.6) is 0 Å². The van der Waals surface area contributed by atoms with Crippen LogP contribution in [-0.4, -0.2) is 16.5 Å². The molecule has 1 aliphatic carbocycles. The molecule has 0 radical (unpaired) electrons. The number of hydrogen-bond acceptors (Lipinski definition) is 2. The number of Topliss-reactive ketones (excluding diaryl/α,β-unsaturated/α-hetero) is 1. The minimum absolute atomic E-state index is 0.104. The smallest absolute Gasteiger partial charge is 0.227 e. The number of rotatable bonds is 6. The molecule has 1 amide bonds. The summed E-state index contributed by atoms with van der Waals surface area (Å²) in [7, 11) is 0.